The lowest BCUT2D eigenvalue weighted by molar-refractivity contribution is 0.103. The predicted octanol–water partition coefficient (Wildman–Crippen LogP) is 4.34. The van der Waals surface area contributed by atoms with Crippen molar-refractivity contribution < 1.29 is 4.79 Å². The highest BCUT2D eigenvalue weighted by molar-refractivity contribution is 9.10. The molecular weight excluding hydrogens is 377 g/mol. The van der Waals surface area contributed by atoms with E-state index in [-0.39, 0.29) is 5.78 Å². The molecule has 106 valence electrons. The number of aryl methyl sites for hydroxylation is 1. The number of hydrogen-bond donors (Lipinski definition) is 0. The van der Waals surface area contributed by atoms with Gasteiger partial charge in [0.1, 0.15) is 5.69 Å². The van der Waals surface area contributed by atoms with E-state index in [1.807, 2.05) is 0 Å². The smallest absolute Gasteiger partial charge is 0.234 e. The van der Waals surface area contributed by atoms with E-state index in [0.717, 1.165) is 4.47 Å². The zero-order valence-electron chi connectivity index (χ0n) is 10.8. The second kappa shape index (κ2) is 5.40. The number of fused-ring (bicyclic) bond motifs is 1. The normalized spacial score (nSPS) is 11.0. The van der Waals surface area contributed by atoms with Crippen LogP contribution in [-0.2, 0) is 0 Å². The van der Waals surface area contributed by atoms with Crippen LogP contribution in [0.15, 0.2) is 35.1 Å². The third kappa shape index (κ3) is 2.57. The molecule has 0 aliphatic heterocycles. The second-order valence-corrected chi connectivity index (χ2v) is 6.20. The first kappa shape index (κ1) is 14.5. The van der Waals surface area contributed by atoms with E-state index in [4.69, 9.17) is 23.2 Å². The highest BCUT2D eigenvalue weighted by Gasteiger charge is 2.21. The Labute approximate surface area is 138 Å². The summed E-state index contributed by atoms with van der Waals surface area (Å²) in [7, 11) is 0. The summed E-state index contributed by atoms with van der Waals surface area (Å²) >= 11 is 15.4. The summed E-state index contributed by atoms with van der Waals surface area (Å²) in [6.07, 6.45) is 3.37. The molecule has 0 spiro atoms. The molecule has 1 aromatic carbocycles. The summed E-state index contributed by atoms with van der Waals surface area (Å²) in [4.78, 5) is 21.2. The highest BCUT2D eigenvalue weighted by Crippen LogP contribution is 2.25. The van der Waals surface area contributed by atoms with Gasteiger partial charge in [-0.15, -0.1) is 0 Å². The molecule has 2 aromatic heterocycles. The van der Waals surface area contributed by atoms with Gasteiger partial charge < -0.3 is 0 Å². The molecule has 0 fully saturated rings. The lowest BCUT2D eigenvalue weighted by Crippen LogP contribution is -2.08. The molecule has 21 heavy (non-hydrogen) atoms. The number of nitrogens with zero attached hydrogens (tertiary/aromatic N) is 3. The molecule has 2 heterocycles. The molecule has 4 nitrogen and oxygen atoms in total. The average Bonchev–Trinajstić information content (AvgIpc) is 2.76. The molecule has 0 radical (unpaired) electrons. The maximum absolute atomic E-state index is 12.8. The van der Waals surface area contributed by atoms with Crippen molar-refractivity contribution in [2.75, 3.05) is 0 Å². The molecule has 0 atom stereocenters. The molecule has 0 aliphatic carbocycles. The van der Waals surface area contributed by atoms with Gasteiger partial charge in [0, 0.05) is 23.0 Å². The number of benzene rings is 1. The first-order valence-electron chi connectivity index (χ1n) is 5.97. The van der Waals surface area contributed by atoms with E-state index >= 15 is 0 Å². The van der Waals surface area contributed by atoms with Gasteiger partial charge in [0.05, 0.1) is 15.2 Å². The molecule has 0 saturated carbocycles. The van der Waals surface area contributed by atoms with Gasteiger partial charge in [-0.05, 0) is 41.1 Å². The van der Waals surface area contributed by atoms with Gasteiger partial charge in [-0.25, -0.2) is 9.97 Å². The van der Waals surface area contributed by atoms with Gasteiger partial charge in [-0.1, -0.05) is 23.2 Å². The topological polar surface area (TPSA) is 47.3 Å². The van der Waals surface area contributed by atoms with Crippen LogP contribution in [0.5, 0.6) is 0 Å². The van der Waals surface area contributed by atoms with Crippen molar-refractivity contribution in [1.29, 1.82) is 0 Å². The zero-order valence-corrected chi connectivity index (χ0v) is 13.9. The van der Waals surface area contributed by atoms with Crippen LogP contribution in [0.1, 0.15) is 21.7 Å². The van der Waals surface area contributed by atoms with Crippen LogP contribution in [0.3, 0.4) is 0 Å². The first-order valence-corrected chi connectivity index (χ1v) is 7.52. The van der Waals surface area contributed by atoms with Crippen molar-refractivity contribution in [1.82, 2.24) is 14.4 Å². The van der Waals surface area contributed by atoms with Crippen LogP contribution in [-0.4, -0.2) is 20.2 Å². The lowest BCUT2D eigenvalue weighted by Gasteiger charge is -2.05. The molecule has 0 unspecified atom stereocenters. The molecule has 3 rings (SSSR count). The fourth-order valence-corrected chi connectivity index (χ4v) is 2.78. The Morgan fingerprint density at radius 2 is 2.10 bits per heavy atom. The Morgan fingerprint density at radius 3 is 2.86 bits per heavy atom. The van der Waals surface area contributed by atoms with Crippen molar-refractivity contribution in [3.05, 3.63) is 62.1 Å². The molecule has 0 bridgehead atoms. The minimum Gasteiger partial charge on any atom is -0.287 e. The van der Waals surface area contributed by atoms with Gasteiger partial charge >= 0.3 is 0 Å². The number of rotatable bonds is 2. The SMILES string of the molecule is Cc1nc2ncc(Br)cn2c1C(=O)c1cc(Cl)ccc1Cl. The van der Waals surface area contributed by atoms with Crippen molar-refractivity contribution >= 4 is 50.7 Å². The molecule has 0 saturated heterocycles. The van der Waals surface area contributed by atoms with E-state index in [9.17, 15) is 4.79 Å². The van der Waals surface area contributed by atoms with E-state index in [0.29, 0.717) is 32.8 Å². The number of ketones is 1. The summed E-state index contributed by atoms with van der Waals surface area (Å²) in [5.74, 6) is 0.213. The van der Waals surface area contributed by atoms with Crippen molar-refractivity contribution in [3.63, 3.8) is 0 Å². The number of imidazole rings is 1. The quantitative estimate of drug-likeness (QED) is 0.617. The fraction of sp³-hybridized carbons (Fsp3) is 0.0714. The van der Waals surface area contributed by atoms with E-state index in [1.165, 1.54) is 0 Å². The zero-order chi connectivity index (χ0) is 15.1. The molecule has 3 aromatic rings. The number of hydrogen-bond acceptors (Lipinski definition) is 3. The van der Waals surface area contributed by atoms with E-state index in [1.54, 1.807) is 41.9 Å². The van der Waals surface area contributed by atoms with Crippen molar-refractivity contribution in [2.45, 2.75) is 6.92 Å². The largest absolute Gasteiger partial charge is 0.287 e. The molecule has 0 N–H and O–H groups in total. The van der Waals surface area contributed by atoms with E-state index < -0.39 is 0 Å². The Morgan fingerprint density at radius 1 is 1.33 bits per heavy atom. The highest BCUT2D eigenvalue weighted by atomic mass is 79.9. The van der Waals surface area contributed by atoms with E-state index in [2.05, 4.69) is 25.9 Å². The Kier molecular flexibility index (Phi) is 3.73. The summed E-state index contributed by atoms with van der Waals surface area (Å²) in [5.41, 5.74) is 1.35. The number of aromatic nitrogens is 3. The van der Waals surface area contributed by atoms with Crippen LogP contribution in [0.4, 0.5) is 0 Å². The maximum atomic E-state index is 12.8. The lowest BCUT2D eigenvalue weighted by atomic mass is 10.1. The van der Waals surface area contributed by atoms with Gasteiger partial charge in [0.2, 0.25) is 11.6 Å². The van der Waals surface area contributed by atoms with Gasteiger partial charge in [0.25, 0.3) is 0 Å². The fourth-order valence-electron chi connectivity index (χ4n) is 2.09. The van der Waals surface area contributed by atoms with Gasteiger partial charge in [-0.3, -0.25) is 9.20 Å². The molecule has 7 heteroatoms. The minimum absolute atomic E-state index is 0.243. The monoisotopic (exact) mass is 383 g/mol. The Hall–Kier alpha value is -1.43. The summed E-state index contributed by atoms with van der Waals surface area (Å²) < 4.78 is 2.39. The maximum Gasteiger partial charge on any atom is 0.234 e. The molecular formula is C14H8BrCl2N3O. The molecule has 0 aliphatic rings. The first-order chi connectivity index (χ1) is 9.97. The number of carbonyl (C=O) groups excluding carboxylic acids is 1. The van der Waals surface area contributed by atoms with Crippen molar-refractivity contribution in [2.24, 2.45) is 0 Å². The van der Waals surface area contributed by atoms with Gasteiger partial charge in [0.15, 0.2) is 0 Å². The van der Waals surface area contributed by atoms with Crippen LogP contribution in [0.2, 0.25) is 10.0 Å². The Balaban J connectivity index is 2.24. The minimum atomic E-state index is -0.243. The summed E-state index contributed by atoms with van der Waals surface area (Å²) in [5, 5.41) is 0.801. The van der Waals surface area contributed by atoms with Gasteiger partial charge in [-0.2, -0.15) is 0 Å². The average molecular weight is 385 g/mol. The molecule has 0 amide bonds. The third-order valence-electron chi connectivity index (χ3n) is 3.01. The van der Waals surface area contributed by atoms with Crippen LogP contribution >= 0.6 is 39.1 Å². The van der Waals surface area contributed by atoms with Crippen LogP contribution in [0.25, 0.3) is 5.78 Å². The standard InChI is InChI=1S/C14H8BrCl2N3O/c1-7-12(20-6-8(15)5-18-14(20)19-7)13(21)10-4-9(16)2-3-11(10)17/h2-6H,1H3. The predicted molar refractivity (Wildman–Crippen MR) is 85.3 cm³/mol. The number of carbonyl (C=O) groups is 1. The van der Waals surface area contributed by atoms with Crippen LogP contribution in [0, 0.1) is 6.92 Å². The summed E-state index contributed by atoms with van der Waals surface area (Å²) in [6.45, 7) is 1.76. The van der Waals surface area contributed by atoms with Crippen LogP contribution < -0.4 is 0 Å². The number of halogens is 3. The third-order valence-corrected chi connectivity index (χ3v) is 3.98. The Bertz CT molecular complexity index is 876. The van der Waals surface area contributed by atoms with Crippen molar-refractivity contribution in [3.8, 4) is 0 Å². The summed E-state index contributed by atoms with van der Waals surface area (Å²) in [6, 6.07) is 4.79. The second-order valence-electron chi connectivity index (χ2n) is 4.44.